The maximum Gasteiger partial charge on any atom is 0.252 e. The first-order chi connectivity index (χ1) is 35.6. The monoisotopic (exact) mass is 934 g/mol. The van der Waals surface area contributed by atoms with Crippen molar-refractivity contribution in [1.29, 1.82) is 0 Å². The molecule has 6 heteroatoms. The normalized spacial score (nSPS) is 13.2. The lowest BCUT2D eigenvalue weighted by molar-refractivity contribution is 0.629. The van der Waals surface area contributed by atoms with Gasteiger partial charge in [0.25, 0.3) is 6.71 Å². The minimum absolute atomic E-state index is 0.0314. The maximum atomic E-state index is 17.8. The van der Waals surface area contributed by atoms with Crippen LogP contribution in [0.3, 0.4) is 0 Å². The summed E-state index contributed by atoms with van der Waals surface area (Å²) in [4.78, 5) is 7.28. The van der Waals surface area contributed by atoms with E-state index < -0.39 is 0 Å². The largest absolute Gasteiger partial charge is 0.312 e. The molecule has 334 valence electrons. The van der Waals surface area contributed by atoms with Gasteiger partial charge in [-0.2, -0.15) is 0 Å². The summed E-state index contributed by atoms with van der Waals surface area (Å²) in [6.07, 6.45) is 0. The van der Waals surface area contributed by atoms with Crippen LogP contribution in [0.4, 0.5) is 38.5 Å². The SMILES string of the molecule is Fc1cccc(-c2ccc(-c3ccccc3)cc2)c1N1c2ccc(-c3ccccc3)cc2B2c3cc(-c4ccccc4)ccc3N3c4ccc(-c5ccccc5)cc4B4c5ccccc5Sc5cc1c2c3c54. The van der Waals surface area contributed by atoms with Gasteiger partial charge in [0, 0.05) is 43.8 Å². The molecule has 11 aromatic carbocycles. The molecule has 0 fully saturated rings. The van der Waals surface area contributed by atoms with E-state index in [0.717, 1.165) is 61.5 Å². The zero-order chi connectivity index (χ0) is 47.4. The fraction of sp³-hybridized carbons (Fsp3) is 0. The summed E-state index contributed by atoms with van der Waals surface area (Å²) in [5.74, 6) is -0.274. The number of halogens is 1. The summed E-state index contributed by atoms with van der Waals surface area (Å²) in [6.45, 7) is -0.213. The summed E-state index contributed by atoms with van der Waals surface area (Å²) < 4.78 is 17.8. The van der Waals surface area contributed by atoms with E-state index >= 15 is 4.39 Å². The van der Waals surface area contributed by atoms with Gasteiger partial charge in [0.1, 0.15) is 5.82 Å². The number of anilines is 6. The van der Waals surface area contributed by atoms with Crippen LogP contribution in [0.2, 0.25) is 0 Å². The van der Waals surface area contributed by atoms with E-state index in [9.17, 15) is 0 Å². The van der Waals surface area contributed by atoms with Gasteiger partial charge in [-0.3, -0.25) is 0 Å². The summed E-state index contributed by atoms with van der Waals surface area (Å²) in [5.41, 5.74) is 24.5. The van der Waals surface area contributed by atoms with Gasteiger partial charge < -0.3 is 9.80 Å². The summed E-state index contributed by atoms with van der Waals surface area (Å²) >= 11 is 1.84. The van der Waals surface area contributed by atoms with Crippen LogP contribution in [0.5, 0.6) is 0 Å². The molecule has 2 nitrogen and oxygen atoms in total. The van der Waals surface area contributed by atoms with Crippen LogP contribution in [0.1, 0.15) is 0 Å². The number of nitrogens with zero attached hydrogens (tertiary/aromatic N) is 2. The fourth-order valence-corrected chi connectivity index (χ4v) is 13.4. The van der Waals surface area contributed by atoms with Gasteiger partial charge in [0.15, 0.2) is 0 Å². The van der Waals surface area contributed by atoms with Crippen LogP contribution >= 0.6 is 11.8 Å². The minimum atomic E-state index is -0.274. The fourth-order valence-electron chi connectivity index (χ4n) is 12.2. The van der Waals surface area contributed by atoms with Crippen LogP contribution in [0.25, 0.3) is 55.6 Å². The van der Waals surface area contributed by atoms with Gasteiger partial charge in [0.05, 0.1) is 5.69 Å². The van der Waals surface area contributed by atoms with Crippen molar-refractivity contribution in [3.63, 3.8) is 0 Å². The highest BCUT2D eigenvalue weighted by atomic mass is 32.2. The molecular weight excluding hydrogens is 893 g/mol. The van der Waals surface area contributed by atoms with Crippen LogP contribution in [0.15, 0.2) is 259 Å². The number of benzene rings is 11. The molecule has 4 aliphatic heterocycles. The third-order valence-corrected chi connectivity index (χ3v) is 16.5. The number of fused-ring (bicyclic) bond motifs is 10. The molecule has 0 saturated heterocycles. The molecule has 0 amide bonds. The second-order valence-corrected chi connectivity index (χ2v) is 20.3. The van der Waals surface area contributed by atoms with Crippen LogP contribution in [0, 0.1) is 5.82 Å². The molecule has 0 aromatic heterocycles. The maximum absolute atomic E-state index is 17.8. The zero-order valence-corrected chi connectivity index (χ0v) is 39.8. The van der Waals surface area contributed by atoms with Crippen molar-refractivity contribution < 1.29 is 4.39 Å². The van der Waals surface area contributed by atoms with E-state index in [1.807, 2.05) is 23.9 Å². The molecule has 0 saturated carbocycles. The Morgan fingerprint density at radius 1 is 0.292 bits per heavy atom. The van der Waals surface area contributed by atoms with Crippen molar-refractivity contribution in [2.75, 3.05) is 9.80 Å². The van der Waals surface area contributed by atoms with E-state index in [1.165, 1.54) is 65.2 Å². The van der Waals surface area contributed by atoms with Crippen molar-refractivity contribution in [3.8, 4) is 55.6 Å². The van der Waals surface area contributed by atoms with Crippen LogP contribution in [-0.4, -0.2) is 13.4 Å². The highest BCUT2D eigenvalue weighted by Crippen LogP contribution is 2.51. The quantitative estimate of drug-likeness (QED) is 0.153. The molecule has 4 aliphatic rings. The molecular formula is C66H41B2FN2S. The van der Waals surface area contributed by atoms with E-state index in [2.05, 4.69) is 240 Å². The lowest BCUT2D eigenvalue weighted by Gasteiger charge is -2.49. The lowest BCUT2D eigenvalue weighted by atomic mass is 9.29. The van der Waals surface area contributed by atoms with Crippen LogP contribution < -0.4 is 42.6 Å². The van der Waals surface area contributed by atoms with Crippen LogP contribution in [-0.2, 0) is 0 Å². The molecule has 0 atom stereocenters. The molecule has 0 bridgehead atoms. The Labute approximate surface area is 423 Å². The minimum Gasteiger partial charge on any atom is -0.312 e. The highest BCUT2D eigenvalue weighted by Gasteiger charge is 2.51. The van der Waals surface area contributed by atoms with Gasteiger partial charge >= 0.3 is 0 Å². The third kappa shape index (κ3) is 6.25. The molecule has 72 heavy (non-hydrogen) atoms. The van der Waals surface area contributed by atoms with E-state index in [1.54, 1.807) is 6.07 Å². The average Bonchev–Trinajstić information content (AvgIpc) is 3.45. The Morgan fingerprint density at radius 2 is 0.708 bits per heavy atom. The van der Waals surface area contributed by atoms with E-state index in [-0.39, 0.29) is 19.2 Å². The smallest absolute Gasteiger partial charge is 0.252 e. The molecule has 0 radical (unpaired) electrons. The molecule has 0 spiro atoms. The highest BCUT2D eigenvalue weighted by molar-refractivity contribution is 8.00. The first-order valence-electron chi connectivity index (χ1n) is 24.7. The van der Waals surface area contributed by atoms with Crippen molar-refractivity contribution in [2.24, 2.45) is 0 Å². The summed E-state index contributed by atoms with van der Waals surface area (Å²) in [6, 6.07) is 89.2. The molecule has 15 rings (SSSR count). The van der Waals surface area contributed by atoms with Gasteiger partial charge in [-0.1, -0.05) is 230 Å². The van der Waals surface area contributed by atoms with Crippen molar-refractivity contribution in [1.82, 2.24) is 0 Å². The molecule has 11 aromatic rings. The number of hydrogen-bond donors (Lipinski definition) is 0. The Balaban J connectivity index is 1.05. The van der Waals surface area contributed by atoms with E-state index in [4.69, 9.17) is 0 Å². The Morgan fingerprint density at radius 3 is 1.24 bits per heavy atom. The second kappa shape index (κ2) is 16.2. The van der Waals surface area contributed by atoms with Crippen molar-refractivity contribution in [3.05, 3.63) is 255 Å². The standard InChI is InChI=1S/C66H41B2FN2S/c69-56-26-15-24-51(47-30-28-46(29-31-47)42-16-5-1-6-17-42)65(56)71-59-37-34-50(45-22-11-4-12-23-45)40-55(59)68-54-39-49(44-20-9-3-10-21-44)33-36-58(54)70-57-35-32-48(43-18-7-2-8-19-43)38-53(57)67-52-25-13-14-27-61(52)72-62-41-60(71)63(68)66(70)64(62)67/h1-41H. The van der Waals surface area contributed by atoms with E-state index in [0.29, 0.717) is 5.69 Å². The Hall–Kier alpha value is -8.57. The van der Waals surface area contributed by atoms with Crippen molar-refractivity contribution >= 4 is 92.1 Å². The number of rotatable bonds is 6. The average molecular weight is 935 g/mol. The van der Waals surface area contributed by atoms with Crippen molar-refractivity contribution in [2.45, 2.75) is 9.79 Å². The molecule has 0 aliphatic carbocycles. The lowest BCUT2D eigenvalue weighted by Crippen LogP contribution is -2.68. The number of hydrogen-bond acceptors (Lipinski definition) is 3. The first kappa shape index (κ1) is 41.2. The topological polar surface area (TPSA) is 6.48 Å². The second-order valence-electron chi connectivity index (χ2n) is 19.2. The molecule has 0 N–H and O–H groups in total. The number of para-hydroxylation sites is 1. The Kier molecular flexibility index (Phi) is 9.30. The molecule has 4 heterocycles. The zero-order valence-electron chi connectivity index (χ0n) is 39.0. The predicted octanol–water partition coefficient (Wildman–Crippen LogP) is 13.5. The van der Waals surface area contributed by atoms with Gasteiger partial charge in [0.2, 0.25) is 6.71 Å². The van der Waals surface area contributed by atoms with Gasteiger partial charge in [-0.25, -0.2) is 4.39 Å². The summed E-state index contributed by atoms with van der Waals surface area (Å²) in [5, 5.41) is 0. The summed E-state index contributed by atoms with van der Waals surface area (Å²) in [7, 11) is 0. The Bertz CT molecular complexity index is 3980. The first-order valence-corrected chi connectivity index (χ1v) is 25.6. The third-order valence-electron chi connectivity index (χ3n) is 15.4. The predicted molar refractivity (Wildman–Crippen MR) is 303 cm³/mol. The van der Waals surface area contributed by atoms with Gasteiger partial charge in [-0.15, -0.1) is 0 Å². The molecule has 0 unspecified atom stereocenters. The van der Waals surface area contributed by atoms with Gasteiger partial charge in [-0.05, 0) is 114 Å².